The van der Waals surface area contributed by atoms with Gasteiger partial charge in [-0.2, -0.15) is 4.31 Å². The third kappa shape index (κ3) is 4.52. The van der Waals surface area contributed by atoms with Crippen LogP contribution in [0.15, 0.2) is 35.2 Å². The second-order valence-electron chi connectivity index (χ2n) is 8.24. The number of ether oxygens (including phenoxy) is 3. The Hall–Kier alpha value is -2.78. The summed E-state index contributed by atoms with van der Waals surface area (Å²) >= 11 is 0. The van der Waals surface area contributed by atoms with Gasteiger partial charge >= 0.3 is 0 Å². The van der Waals surface area contributed by atoms with Crippen molar-refractivity contribution >= 4 is 15.9 Å². The van der Waals surface area contributed by atoms with Gasteiger partial charge in [-0.1, -0.05) is 12.1 Å². The average Bonchev–Trinajstić information content (AvgIpc) is 3.31. The second-order valence-corrected chi connectivity index (χ2v) is 10.2. The molecule has 1 aliphatic heterocycles. The van der Waals surface area contributed by atoms with Gasteiger partial charge in [0.25, 0.3) is 0 Å². The summed E-state index contributed by atoms with van der Waals surface area (Å²) in [6, 6.07) is 8.99. The Morgan fingerprint density at radius 3 is 2.24 bits per heavy atom. The molecule has 0 N–H and O–H groups in total. The summed E-state index contributed by atoms with van der Waals surface area (Å²) in [4.78, 5) is 15.0. The van der Waals surface area contributed by atoms with Gasteiger partial charge in [-0.25, -0.2) is 8.42 Å². The first kappa shape index (κ1) is 23.4. The van der Waals surface area contributed by atoms with Crippen LogP contribution in [0.4, 0.5) is 0 Å². The number of rotatable bonds is 7. The summed E-state index contributed by atoms with van der Waals surface area (Å²) in [5.74, 6) is 1.34. The molecule has 1 aliphatic carbocycles. The van der Waals surface area contributed by atoms with Crippen LogP contribution in [0.3, 0.4) is 0 Å². The van der Waals surface area contributed by atoms with E-state index in [1.165, 1.54) is 24.1 Å². The van der Waals surface area contributed by atoms with Crippen LogP contribution in [0.1, 0.15) is 23.1 Å². The van der Waals surface area contributed by atoms with Crippen molar-refractivity contribution < 1.29 is 27.4 Å². The zero-order chi connectivity index (χ0) is 23.6. The lowest BCUT2D eigenvalue weighted by molar-refractivity contribution is -0.131. The highest BCUT2D eigenvalue weighted by Gasteiger charge is 2.31. The van der Waals surface area contributed by atoms with Gasteiger partial charge in [0.05, 0.1) is 32.6 Å². The standard InChI is InChI=1S/C24H30N2O6S/c1-30-21-10-8-19(23(31-2)24(21)32-3)16-22(27)25-11-13-26(14-12-25)33(28,29)20-9-7-17-5-4-6-18(17)15-20/h7-10,15H,4-6,11-14,16H2,1-3H3. The van der Waals surface area contributed by atoms with Gasteiger partial charge in [-0.3, -0.25) is 4.79 Å². The van der Waals surface area contributed by atoms with Crippen LogP contribution < -0.4 is 14.2 Å². The van der Waals surface area contributed by atoms with E-state index in [1.54, 1.807) is 30.2 Å². The molecule has 178 valence electrons. The molecule has 2 aliphatic rings. The molecule has 0 unspecified atom stereocenters. The molecule has 2 aromatic carbocycles. The molecule has 0 atom stereocenters. The average molecular weight is 475 g/mol. The van der Waals surface area contributed by atoms with Gasteiger partial charge in [0.15, 0.2) is 11.5 Å². The van der Waals surface area contributed by atoms with E-state index in [0.29, 0.717) is 40.8 Å². The summed E-state index contributed by atoms with van der Waals surface area (Å²) in [5.41, 5.74) is 3.07. The number of carbonyl (C=O) groups excluding carboxylic acids is 1. The number of benzene rings is 2. The van der Waals surface area contributed by atoms with Crippen LogP contribution in [0.25, 0.3) is 0 Å². The van der Waals surface area contributed by atoms with Crippen molar-refractivity contribution in [2.45, 2.75) is 30.6 Å². The summed E-state index contributed by atoms with van der Waals surface area (Å²) < 4.78 is 43.9. The van der Waals surface area contributed by atoms with E-state index in [-0.39, 0.29) is 25.4 Å². The van der Waals surface area contributed by atoms with E-state index in [2.05, 4.69) is 0 Å². The Labute approximate surface area is 195 Å². The molecule has 33 heavy (non-hydrogen) atoms. The Kier molecular flexibility index (Phi) is 6.81. The van der Waals surface area contributed by atoms with E-state index in [9.17, 15) is 13.2 Å². The number of nitrogens with zero attached hydrogens (tertiary/aromatic N) is 2. The van der Waals surface area contributed by atoms with Crippen molar-refractivity contribution in [1.29, 1.82) is 0 Å². The Morgan fingerprint density at radius 2 is 1.58 bits per heavy atom. The Balaban J connectivity index is 1.42. The molecule has 1 saturated heterocycles. The minimum absolute atomic E-state index is 0.0879. The highest BCUT2D eigenvalue weighted by atomic mass is 32.2. The largest absolute Gasteiger partial charge is 0.493 e. The van der Waals surface area contributed by atoms with E-state index >= 15 is 0 Å². The predicted octanol–water partition coefficient (Wildman–Crippen LogP) is 2.28. The number of aryl methyl sites for hydroxylation is 2. The summed E-state index contributed by atoms with van der Waals surface area (Å²) in [5, 5.41) is 0. The monoisotopic (exact) mass is 474 g/mol. The minimum Gasteiger partial charge on any atom is -0.493 e. The Morgan fingerprint density at radius 1 is 0.879 bits per heavy atom. The fourth-order valence-electron chi connectivity index (χ4n) is 4.61. The summed E-state index contributed by atoms with van der Waals surface area (Å²) in [7, 11) is 1.01. The molecule has 0 spiro atoms. The van der Waals surface area contributed by atoms with Crippen LogP contribution in [0, 0.1) is 0 Å². The lowest BCUT2D eigenvalue weighted by Crippen LogP contribution is -2.50. The van der Waals surface area contributed by atoms with Crippen LogP contribution in [0.5, 0.6) is 17.2 Å². The van der Waals surface area contributed by atoms with Crippen molar-refractivity contribution in [1.82, 2.24) is 9.21 Å². The molecular weight excluding hydrogens is 444 g/mol. The number of methoxy groups -OCH3 is 3. The van der Waals surface area contributed by atoms with Gasteiger partial charge in [-0.05, 0) is 48.6 Å². The lowest BCUT2D eigenvalue weighted by Gasteiger charge is -2.34. The molecule has 4 rings (SSSR count). The zero-order valence-electron chi connectivity index (χ0n) is 19.3. The zero-order valence-corrected chi connectivity index (χ0v) is 20.1. The van der Waals surface area contributed by atoms with Gasteiger partial charge in [0.1, 0.15) is 0 Å². The molecule has 0 bridgehead atoms. The maximum absolute atomic E-state index is 13.1. The fourth-order valence-corrected chi connectivity index (χ4v) is 6.09. The maximum Gasteiger partial charge on any atom is 0.243 e. The molecule has 9 heteroatoms. The normalized spacial score (nSPS) is 16.4. The van der Waals surface area contributed by atoms with Gasteiger partial charge in [-0.15, -0.1) is 0 Å². The number of piperazine rings is 1. The number of amides is 1. The molecule has 8 nitrogen and oxygen atoms in total. The lowest BCUT2D eigenvalue weighted by atomic mass is 10.1. The minimum atomic E-state index is -3.57. The van der Waals surface area contributed by atoms with E-state index in [1.807, 2.05) is 12.1 Å². The number of sulfonamides is 1. The van der Waals surface area contributed by atoms with Crippen molar-refractivity contribution in [2.75, 3.05) is 47.5 Å². The highest BCUT2D eigenvalue weighted by molar-refractivity contribution is 7.89. The first-order valence-corrected chi connectivity index (χ1v) is 12.5. The highest BCUT2D eigenvalue weighted by Crippen LogP contribution is 2.40. The number of hydrogen-bond donors (Lipinski definition) is 0. The molecule has 0 aromatic heterocycles. The molecule has 2 aromatic rings. The summed E-state index contributed by atoms with van der Waals surface area (Å²) in [6.45, 7) is 1.24. The van der Waals surface area contributed by atoms with Crippen LogP contribution in [0.2, 0.25) is 0 Å². The number of carbonyl (C=O) groups is 1. The van der Waals surface area contributed by atoms with Crippen LogP contribution in [-0.2, 0) is 34.1 Å². The Bertz CT molecular complexity index is 1140. The topological polar surface area (TPSA) is 85.4 Å². The van der Waals surface area contributed by atoms with Crippen LogP contribution in [-0.4, -0.2) is 71.0 Å². The van der Waals surface area contributed by atoms with E-state index in [0.717, 1.165) is 24.8 Å². The van der Waals surface area contributed by atoms with Crippen molar-refractivity contribution in [3.8, 4) is 17.2 Å². The molecule has 1 heterocycles. The molecule has 0 radical (unpaired) electrons. The van der Waals surface area contributed by atoms with Gasteiger partial charge in [0, 0.05) is 31.7 Å². The van der Waals surface area contributed by atoms with E-state index < -0.39 is 10.0 Å². The fraction of sp³-hybridized carbons (Fsp3) is 0.458. The SMILES string of the molecule is COc1ccc(CC(=O)N2CCN(S(=O)(=O)c3ccc4c(c3)CCC4)CC2)c(OC)c1OC. The molecular formula is C24H30N2O6S. The van der Waals surface area contributed by atoms with Gasteiger partial charge < -0.3 is 19.1 Å². The van der Waals surface area contributed by atoms with Crippen molar-refractivity contribution in [3.05, 3.63) is 47.0 Å². The maximum atomic E-state index is 13.1. The van der Waals surface area contributed by atoms with E-state index in [4.69, 9.17) is 14.2 Å². The first-order valence-electron chi connectivity index (χ1n) is 11.1. The third-order valence-electron chi connectivity index (χ3n) is 6.43. The number of fused-ring (bicyclic) bond motifs is 1. The van der Waals surface area contributed by atoms with Gasteiger partial charge in [0.2, 0.25) is 21.7 Å². The van der Waals surface area contributed by atoms with Crippen LogP contribution >= 0.6 is 0 Å². The van der Waals surface area contributed by atoms with Crippen molar-refractivity contribution in [3.63, 3.8) is 0 Å². The van der Waals surface area contributed by atoms with Crippen molar-refractivity contribution in [2.24, 2.45) is 0 Å². The predicted molar refractivity (Wildman–Crippen MR) is 124 cm³/mol. The summed E-state index contributed by atoms with van der Waals surface area (Å²) in [6.07, 6.45) is 3.15. The quantitative estimate of drug-likeness (QED) is 0.612. The third-order valence-corrected chi connectivity index (χ3v) is 8.32. The molecule has 1 amide bonds. The smallest absolute Gasteiger partial charge is 0.243 e. The first-order chi connectivity index (χ1) is 15.9. The second kappa shape index (κ2) is 9.61. The number of hydrogen-bond acceptors (Lipinski definition) is 6. The molecule has 1 fully saturated rings. The molecule has 0 saturated carbocycles.